The quantitative estimate of drug-likeness (QED) is 0.874. The summed E-state index contributed by atoms with van der Waals surface area (Å²) in [4.78, 5) is 15.9. The minimum Gasteiger partial charge on any atom is -0.320 e. The van der Waals surface area contributed by atoms with E-state index in [4.69, 9.17) is 5.73 Å². The molecule has 3 N–H and O–H groups in total. The molecule has 0 bridgehead atoms. The molecule has 0 radical (unpaired) electrons. The van der Waals surface area contributed by atoms with Crippen LogP contribution in [0.15, 0.2) is 24.5 Å². The first-order valence-corrected chi connectivity index (χ1v) is 5.57. The molecule has 2 aromatic heterocycles. The minimum atomic E-state index is -0.487. The van der Waals surface area contributed by atoms with Crippen molar-refractivity contribution in [1.29, 1.82) is 0 Å². The number of aromatic nitrogens is 3. The van der Waals surface area contributed by atoms with E-state index in [1.54, 1.807) is 29.0 Å². The molecule has 2 aromatic rings. The summed E-state index contributed by atoms with van der Waals surface area (Å²) < 4.78 is 1.57. The average molecular weight is 270 g/mol. The fourth-order valence-electron chi connectivity index (χ4n) is 1.59. The molecule has 0 aliphatic heterocycles. The van der Waals surface area contributed by atoms with Crippen molar-refractivity contribution in [2.75, 3.05) is 5.32 Å². The van der Waals surface area contributed by atoms with E-state index in [0.29, 0.717) is 17.9 Å². The maximum atomic E-state index is 11.8. The Kier molecular flexibility index (Phi) is 5.06. The molecule has 2 heterocycles. The molecule has 6 nitrogen and oxygen atoms in total. The molecule has 1 amide bonds. The minimum absolute atomic E-state index is 0. The third-order valence-corrected chi connectivity index (χ3v) is 2.48. The number of hydrogen-bond donors (Lipinski definition) is 2. The average Bonchev–Trinajstić information content (AvgIpc) is 2.78. The highest BCUT2D eigenvalue weighted by Crippen LogP contribution is 2.09. The lowest BCUT2D eigenvalue weighted by atomic mass is 10.2. The Balaban J connectivity index is 0.00000162. The van der Waals surface area contributed by atoms with Gasteiger partial charge in [-0.1, -0.05) is 13.3 Å². The molecule has 2 rings (SSSR count). The summed E-state index contributed by atoms with van der Waals surface area (Å²) in [5.41, 5.74) is 6.42. The van der Waals surface area contributed by atoms with Gasteiger partial charge in [0.05, 0.1) is 12.2 Å². The summed E-state index contributed by atoms with van der Waals surface area (Å²) in [6.07, 6.45) is 4.79. The van der Waals surface area contributed by atoms with Crippen LogP contribution in [0.2, 0.25) is 0 Å². The Bertz CT molecular complexity index is 527. The maximum absolute atomic E-state index is 11.8. The number of anilines is 1. The third kappa shape index (κ3) is 2.96. The number of amides is 1. The van der Waals surface area contributed by atoms with Crippen molar-refractivity contribution in [3.05, 3.63) is 24.5 Å². The number of nitrogens with one attached hydrogen (secondary N) is 1. The summed E-state index contributed by atoms with van der Waals surface area (Å²) in [6.45, 7) is 1.99. The van der Waals surface area contributed by atoms with Crippen LogP contribution in [0.4, 0.5) is 5.82 Å². The highest BCUT2D eigenvalue weighted by molar-refractivity contribution is 5.94. The van der Waals surface area contributed by atoms with E-state index in [0.717, 1.165) is 6.42 Å². The van der Waals surface area contributed by atoms with Crippen LogP contribution in [0.25, 0.3) is 5.65 Å². The van der Waals surface area contributed by atoms with E-state index < -0.39 is 6.04 Å². The van der Waals surface area contributed by atoms with Crippen LogP contribution in [0.5, 0.6) is 0 Å². The smallest absolute Gasteiger partial charge is 0.242 e. The summed E-state index contributed by atoms with van der Waals surface area (Å²) in [6, 6.07) is 2.97. The number of hydrogen-bond acceptors (Lipinski definition) is 4. The van der Waals surface area contributed by atoms with Crippen LogP contribution < -0.4 is 11.1 Å². The number of halogens is 1. The number of fused-ring (bicyclic) bond motifs is 1. The normalized spacial score (nSPS) is 11.9. The highest BCUT2D eigenvalue weighted by atomic mass is 35.5. The van der Waals surface area contributed by atoms with Crippen LogP contribution in [0, 0.1) is 0 Å². The Hall–Kier alpha value is -1.66. The van der Waals surface area contributed by atoms with Crippen molar-refractivity contribution < 1.29 is 4.79 Å². The molecule has 0 fully saturated rings. The van der Waals surface area contributed by atoms with Crippen LogP contribution in [-0.4, -0.2) is 26.5 Å². The van der Waals surface area contributed by atoms with Crippen molar-refractivity contribution in [1.82, 2.24) is 14.6 Å². The fraction of sp³-hybridized carbons (Fsp3) is 0.364. The van der Waals surface area contributed by atoms with Gasteiger partial charge in [-0.05, 0) is 12.5 Å². The molecule has 0 saturated carbocycles. The first-order valence-electron chi connectivity index (χ1n) is 5.57. The van der Waals surface area contributed by atoms with Gasteiger partial charge in [-0.2, -0.15) is 9.61 Å². The number of nitrogens with two attached hydrogens (primary N) is 1. The van der Waals surface area contributed by atoms with Gasteiger partial charge in [0, 0.05) is 12.3 Å². The van der Waals surface area contributed by atoms with Crippen molar-refractivity contribution in [3.63, 3.8) is 0 Å². The van der Waals surface area contributed by atoms with E-state index in [9.17, 15) is 4.79 Å². The second kappa shape index (κ2) is 6.32. The van der Waals surface area contributed by atoms with E-state index >= 15 is 0 Å². The van der Waals surface area contributed by atoms with Crippen molar-refractivity contribution in [3.8, 4) is 0 Å². The van der Waals surface area contributed by atoms with Gasteiger partial charge in [0.1, 0.15) is 5.82 Å². The van der Waals surface area contributed by atoms with Crippen LogP contribution in [0.1, 0.15) is 19.8 Å². The molecule has 18 heavy (non-hydrogen) atoms. The molecule has 0 saturated heterocycles. The lowest BCUT2D eigenvalue weighted by Gasteiger charge is -2.11. The molecule has 0 aliphatic rings. The van der Waals surface area contributed by atoms with Crippen LogP contribution in [0.3, 0.4) is 0 Å². The monoisotopic (exact) mass is 269 g/mol. The second-order valence-corrected chi connectivity index (χ2v) is 3.82. The van der Waals surface area contributed by atoms with Crippen molar-refractivity contribution in [2.45, 2.75) is 25.8 Å². The summed E-state index contributed by atoms with van der Waals surface area (Å²) in [7, 11) is 0. The molecule has 1 unspecified atom stereocenters. The van der Waals surface area contributed by atoms with Crippen LogP contribution >= 0.6 is 12.4 Å². The molecule has 0 aliphatic carbocycles. The van der Waals surface area contributed by atoms with Gasteiger partial charge >= 0.3 is 0 Å². The number of rotatable bonds is 4. The third-order valence-electron chi connectivity index (χ3n) is 2.48. The lowest BCUT2D eigenvalue weighted by Crippen LogP contribution is -2.35. The second-order valence-electron chi connectivity index (χ2n) is 3.82. The molecule has 0 spiro atoms. The van der Waals surface area contributed by atoms with Gasteiger partial charge in [0.15, 0.2) is 5.65 Å². The van der Waals surface area contributed by atoms with Gasteiger partial charge in [0.2, 0.25) is 5.91 Å². The summed E-state index contributed by atoms with van der Waals surface area (Å²) >= 11 is 0. The SMILES string of the molecule is CCCC(N)C(=O)Nc1ccnc2ccnn12.Cl. The molecular formula is C11H16ClN5O. The largest absolute Gasteiger partial charge is 0.320 e. The summed E-state index contributed by atoms with van der Waals surface area (Å²) in [5, 5.41) is 6.83. The van der Waals surface area contributed by atoms with Gasteiger partial charge < -0.3 is 11.1 Å². The lowest BCUT2D eigenvalue weighted by molar-refractivity contribution is -0.117. The Morgan fingerprint density at radius 2 is 2.28 bits per heavy atom. The number of nitrogens with zero attached hydrogens (tertiary/aromatic N) is 3. The zero-order chi connectivity index (χ0) is 12.3. The molecule has 1 atom stereocenters. The predicted octanol–water partition coefficient (Wildman–Crippen LogP) is 1.22. The van der Waals surface area contributed by atoms with E-state index in [2.05, 4.69) is 15.4 Å². The molecular weight excluding hydrogens is 254 g/mol. The zero-order valence-electron chi connectivity index (χ0n) is 10.0. The van der Waals surface area contributed by atoms with Gasteiger partial charge in [-0.25, -0.2) is 4.98 Å². The highest BCUT2D eigenvalue weighted by Gasteiger charge is 2.13. The molecule has 98 valence electrons. The number of carbonyl (C=O) groups is 1. The van der Waals surface area contributed by atoms with Gasteiger partial charge in [-0.15, -0.1) is 12.4 Å². The Morgan fingerprint density at radius 1 is 1.50 bits per heavy atom. The molecule has 7 heteroatoms. The van der Waals surface area contributed by atoms with Crippen molar-refractivity contribution in [2.24, 2.45) is 5.73 Å². The summed E-state index contributed by atoms with van der Waals surface area (Å²) in [5.74, 6) is 0.381. The molecule has 0 aromatic carbocycles. The van der Waals surface area contributed by atoms with Gasteiger partial charge in [-0.3, -0.25) is 4.79 Å². The van der Waals surface area contributed by atoms with Crippen LogP contribution in [-0.2, 0) is 4.79 Å². The van der Waals surface area contributed by atoms with E-state index in [1.165, 1.54) is 0 Å². The fourth-order valence-corrected chi connectivity index (χ4v) is 1.59. The van der Waals surface area contributed by atoms with E-state index in [-0.39, 0.29) is 18.3 Å². The van der Waals surface area contributed by atoms with E-state index in [1.807, 2.05) is 6.92 Å². The first-order chi connectivity index (χ1) is 8.22. The number of carbonyl (C=O) groups excluding carboxylic acids is 1. The van der Waals surface area contributed by atoms with Gasteiger partial charge in [0.25, 0.3) is 0 Å². The van der Waals surface area contributed by atoms with Crippen molar-refractivity contribution >= 4 is 29.8 Å². The zero-order valence-corrected chi connectivity index (χ0v) is 10.9. The predicted molar refractivity (Wildman–Crippen MR) is 71.7 cm³/mol. The Morgan fingerprint density at radius 3 is 3.00 bits per heavy atom. The standard InChI is InChI=1S/C11H15N5O.ClH/c1-2-3-8(12)11(17)15-10-4-6-13-9-5-7-14-16(9)10;/h4-8H,2-3,12H2,1H3,(H,15,17);1H. The maximum Gasteiger partial charge on any atom is 0.242 e. The first kappa shape index (κ1) is 14.4. The Labute approximate surface area is 111 Å². The topological polar surface area (TPSA) is 85.3 Å².